The van der Waals surface area contributed by atoms with Crippen LogP contribution in [0.2, 0.25) is 0 Å². The summed E-state index contributed by atoms with van der Waals surface area (Å²) in [6.07, 6.45) is 2.09. The maximum absolute atomic E-state index is 13.8. The molecule has 3 heteroatoms. The smallest absolute Gasteiger partial charge is 0.127 e. The Morgan fingerprint density at radius 1 is 1.00 bits per heavy atom. The van der Waals surface area contributed by atoms with Crippen molar-refractivity contribution in [3.8, 4) is 0 Å². The SMILES string of the molecule is NC1CC(Cc2ccccc2)CN(Cc2ccccc2F)C1. The maximum atomic E-state index is 13.8. The monoisotopic (exact) mass is 298 g/mol. The summed E-state index contributed by atoms with van der Waals surface area (Å²) in [6.45, 7) is 2.47. The molecule has 1 saturated heterocycles. The molecule has 2 unspecified atom stereocenters. The molecule has 3 rings (SSSR count). The maximum Gasteiger partial charge on any atom is 0.127 e. The second-order valence-electron chi connectivity index (χ2n) is 6.34. The summed E-state index contributed by atoms with van der Waals surface area (Å²) in [7, 11) is 0. The lowest BCUT2D eigenvalue weighted by molar-refractivity contribution is 0.148. The van der Waals surface area contributed by atoms with Crippen molar-refractivity contribution in [1.29, 1.82) is 0 Å². The van der Waals surface area contributed by atoms with E-state index in [1.165, 1.54) is 11.6 Å². The van der Waals surface area contributed by atoms with Gasteiger partial charge in [0.25, 0.3) is 0 Å². The molecule has 116 valence electrons. The van der Waals surface area contributed by atoms with E-state index in [0.29, 0.717) is 12.5 Å². The molecule has 1 fully saturated rings. The Morgan fingerprint density at radius 3 is 2.50 bits per heavy atom. The van der Waals surface area contributed by atoms with Gasteiger partial charge in [-0.15, -0.1) is 0 Å². The van der Waals surface area contributed by atoms with E-state index >= 15 is 0 Å². The number of hydrogen-bond donors (Lipinski definition) is 1. The highest BCUT2D eigenvalue weighted by molar-refractivity contribution is 5.18. The van der Waals surface area contributed by atoms with E-state index in [1.807, 2.05) is 18.2 Å². The quantitative estimate of drug-likeness (QED) is 0.939. The molecule has 22 heavy (non-hydrogen) atoms. The lowest BCUT2D eigenvalue weighted by atomic mass is 9.89. The van der Waals surface area contributed by atoms with Crippen molar-refractivity contribution < 1.29 is 4.39 Å². The first-order chi connectivity index (χ1) is 10.7. The predicted octanol–water partition coefficient (Wildman–Crippen LogP) is 3.22. The number of benzene rings is 2. The summed E-state index contributed by atoms with van der Waals surface area (Å²) in [4.78, 5) is 2.29. The summed E-state index contributed by atoms with van der Waals surface area (Å²) in [5.41, 5.74) is 8.34. The van der Waals surface area contributed by atoms with E-state index in [-0.39, 0.29) is 11.9 Å². The van der Waals surface area contributed by atoms with Crippen LogP contribution in [0.5, 0.6) is 0 Å². The lowest BCUT2D eigenvalue weighted by Crippen LogP contribution is -2.47. The van der Waals surface area contributed by atoms with E-state index in [1.54, 1.807) is 6.07 Å². The van der Waals surface area contributed by atoms with E-state index in [9.17, 15) is 4.39 Å². The molecule has 1 heterocycles. The molecular weight excluding hydrogens is 275 g/mol. The zero-order valence-electron chi connectivity index (χ0n) is 12.8. The topological polar surface area (TPSA) is 29.3 Å². The van der Waals surface area contributed by atoms with Crippen LogP contribution in [0.3, 0.4) is 0 Å². The average Bonchev–Trinajstić information content (AvgIpc) is 2.50. The molecule has 0 spiro atoms. The van der Waals surface area contributed by atoms with Gasteiger partial charge in [-0.2, -0.15) is 0 Å². The lowest BCUT2D eigenvalue weighted by Gasteiger charge is -2.36. The van der Waals surface area contributed by atoms with Crippen LogP contribution in [-0.4, -0.2) is 24.0 Å². The van der Waals surface area contributed by atoms with Gasteiger partial charge < -0.3 is 5.73 Å². The van der Waals surface area contributed by atoms with Crippen molar-refractivity contribution in [1.82, 2.24) is 4.90 Å². The molecule has 0 aliphatic carbocycles. The molecule has 2 atom stereocenters. The molecule has 1 aliphatic heterocycles. The predicted molar refractivity (Wildman–Crippen MR) is 87.9 cm³/mol. The minimum absolute atomic E-state index is 0.124. The van der Waals surface area contributed by atoms with E-state index in [4.69, 9.17) is 5.73 Å². The fraction of sp³-hybridized carbons (Fsp3) is 0.368. The molecule has 0 radical (unpaired) electrons. The van der Waals surface area contributed by atoms with Crippen LogP contribution in [0.25, 0.3) is 0 Å². The number of halogens is 1. The Bertz CT molecular complexity index is 599. The van der Waals surface area contributed by atoms with Gasteiger partial charge in [-0.05, 0) is 30.4 Å². The van der Waals surface area contributed by atoms with Crippen LogP contribution in [-0.2, 0) is 13.0 Å². The summed E-state index contributed by atoms with van der Waals surface area (Å²) in [5, 5.41) is 0. The van der Waals surface area contributed by atoms with Crippen molar-refractivity contribution in [3.63, 3.8) is 0 Å². The number of hydrogen-bond acceptors (Lipinski definition) is 2. The third kappa shape index (κ3) is 3.93. The van der Waals surface area contributed by atoms with Gasteiger partial charge in [0, 0.05) is 31.2 Å². The van der Waals surface area contributed by atoms with Crippen molar-refractivity contribution in [2.75, 3.05) is 13.1 Å². The zero-order valence-corrected chi connectivity index (χ0v) is 12.8. The van der Waals surface area contributed by atoms with Crippen molar-refractivity contribution in [2.45, 2.75) is 25.4 Å². The van der Waals surface area contributed by atoms with Crippen molar-refractivity contribution in [3.05, 3.63) is 71.5 Å². The van der Waals surface area contributed by atoms with Gasteiger partial charge in [0.15, 0.2) is 0 Å². The van der Waals surface area contributed by atoms with Gasteiger partial charge in [0.05, 0.1) is 0 Å². The number of nitrogens with two attached hydrogens (primary N) is 1. The van der Waals surface area contributed by atoms with Crippen LogP contribution in [0.4, 0.5) is 4.39 Å². The van der Waals surface area contributed by atoms with Gasteiger partial charge in [0.2, 0.25) is 0 Å². The molecule has 2 nitrogen and oxygen atoms in total. The minimum atomic E-state index is -0.124. The van der Waals surface area contributed by atoms with Crippen LogP contribution in [0, 0.1) is 11.7 Å². The summed E-state index contributed by atoms with van der Waals surface area (Å²) >= 11 is 0. The summed E-state index contributed by atoms with van der Waals surface area (Å²) < 4.78 is 13.8. The molecular formula is C19H23FN2. The first kappa shape index (κ1) is 15.2. The van der Waals surface area contributed by atoms with Gasteiger partial charge >= 0.3 is 0 Å². The number of rotatable bonds is 4. The highest BCUT2D eigenvalue weighted by Gasteiger charge is 2.25. The fourth-order valence-corrected chi connectivity index (χ4v) is 3.44. The average molecular weight is 298 g/mol. The number of nitrogens with zero attached hydrogens (tertiary/aromatic N) is 1. The number of likely N-dealkylation sites (tertiary alicyclic amines) is 1. The molecule has 0 saturated carbocycles. The molecule has 2 aromatic carbocycles. The van der Waals surface area contributed by atoms with E-state index in [2.05, 4.69) is 29.2 Å². The first-order valence-corrected chi connectivity index (χ1v) is 7.96. The van der Waals surface area contributed by atoms with Crippen LogP contribution >= 0.6 is 0 Å². The second-order valence-corrected chi connectivity index (χ2v) is 6.34. The third-order valence-electron chi connectivity index (χ3n) is 4.36. The second kappa shape index (κ2) is 7.03. The minimum Gasteiger partial charge on any atom is -0.327 e. The van der Waals surface area contributed by atoms with Crippen LogP contribution in [0.15, 0.2) is 54.6 Å². The summed E-state index contributed by atoms with van der Waals surface area (Å²) in [6, 6.07) is 17.7. The Morgan fingerprint density at radius 2 is 1.73 bits per heavy atom. The fourth-order valence-electron chi connectivity index (χ4n) is 3.44. The van der Waals surface area contributed by atoms with Crippen molar-refractivity contribution >= 4 is 0 Å². The highest BCUT2D eigenvalue weighted by atomic mass is 19.1. The van der Waals surface area contributed by atoms with Gasteiger partial charge in [0.1, 0.15) is 5.82 Å². The summed E-state index contributed by atoms with van der Waals surface area (Å²) in [5.74, 6) is 0.416. The van der Waals surface area contributed by atoms with Crippen molar-refractivity contribution in [2.24, 2.45) is 11.7 Å². The Hall–Kier alpha value is -1.71. The molecule has 1 aliphatic rings. The molecule has 2 N–H and O–H groups in total. The Labute approximate surface area is 131 Å². The van der Waals surface area contributed by atoms with E-state index in [0.717, 1.165) is 31.5 Å². The first-order valence-electron chi connectivity index (χ1n) is 7.96. The van der Waals surface area contributed by atoms with Gasteiger partial charge in [-0.25, -0.2) is 4.39 Å². The molecule has 0 aromatic heterocycles. The largest absolute Gasteiger partial charge is 0.327 e. The molecule has 0 amide bonds. The highest BCUT2D eigenvalue weighted by Crippen LogP contribution is 2.22. The van der Waals surface area contributed by atoms with Gasteiger partial charge in [-0.1, -0.05) is 48.5 Å². The zero-order chi connectivity index (χ0) is 15.4. The molecule has 2 aromatic rings. The standard InChI is InChI=1S/C19H23FN2/c20-19-9-5-4-8-17(19)13-22-12-16(11-18(21)14-22)10-15-6-2-1-3-7-15/h1-9,16,18H,10-14,21H2. The van der Waals surface area contributed by atoms with Crippen LogP contribution in [0.1, 0.15) is 17.5 Å². The third-order valence-corrected chi connectivity index (χ3v) is 4.36. The Balaban J connectivity index is 1.65. The van der Waals surface area contributed by atoms with Crippen LogP contribution < -0.4 is 5.73 Å². The Kier molecular flexibility index (Phi) is 4.86. The van der Waals surface area contributed by atoms with Gasteiger partial charge in [-0.3, -0.25) is 4.90 Å². The molecule has 0 bridgehead atoms. The number of piperidine rings is 1. The normalized spacial score (nSPS) is 22.6. The van der Waals surface area contributed by atoms with E-state index < -0.39 is 0 Å².